The highest BCUT2D eigenvalue weighted by atomic mass is 16.1. The monoisotopic (exact) mass is 319 g/mol. The lowest BCUT2D eigenvalue weighted by molar-refractivity contribution is 0.0941. The summed E-state index contributed by atoms with van der Waals surface area (Å²) in [5.74, 6) is -0.103. The summed E-state index contributed by atoms with van der Waals surface area (Å²) in [5, 5.41) is 12.6. The van der Waals surface area contributed by atoms with Gasteiger partial charge in [-0.05, 0) is 32.4 Å². The molecular formula is C20H21N3O. The molecule has 0 aliphatic carbocycles. The van der Waals surface area contributed by atoms with Crippen molar-refractivity contribution >= 4 is 16.8 Å². The van der Waals surface area contributed by atoms with E-state index in [-0.39, 0.29) is 11.9 Å². The van der Waals surface area contributed by atoms with E-state index in [1.807, 2.05) is 62.4 Å². The summed E-state index contributed by atoms with van der Waals surface area (Å²) in [6.07, 6.45) is 0.877. The van der Waals surface area contributed by atoms with Gasteiger partial charge in [0.2, 0.25) is 0 Å². The topological polar surface area (TPSA) is 54.9 Å². The quantitative estimate of drug-likeness (QED) is 0.786. The Morgan fingerprint density at radius 1 is 1.12 bits per heavy atom. The molecule has 1 heterocycles. The minimum absolute atomic E-state index is 0.103. The smallest absolute Gasteiger partial charge is 0.254 e. The lowest BCUT2D eigenvalue weighted by Gasteiger charge is -2.15. The molecule has 0 aliphatic heterocycles. The minimum Gasteiger partial charge on any atom is -0.350 e. The number of hydrogen-bond donors (Lipinski definition) is 1. The van der Waals surface area contributed by atoms with Gasteiger partial charge in [0, 0.05) is 17.0 Å². The van der Waals surface area contributed by atoms with Crippen LogP contribution in [0.5, 0.6) is 0 Å². The number of carbonyl (C=O) groups is 1. The van der Waals surface area contributed by atoms with Gasteiger partial charge in [-0.1, -0.05) is 48.9 Å². The van der Waals surface area contributed by atoms with Gasteiger partial charge in [-0.2, -0.15) is 0 Å². The van der Waals surface area contributed by atoms with Crippen LogP contribution in [0.4, 0.5) is 0 Å². The molecule has 1 amide bonds. The first-order valence-electron chi connectivity index (χ1n) is 8.23. The molecule has 4 heteroatoms. The molecule has 1 N–H and O–H groups in total. The molecule has 0 saturated carbocycles. The van der Waals surface area contributed by atoms with Gasteiger partial charge in [-0.15, -0.1) is 10.2 Å². The van der Waals surface area contributed by atoms with E-state index in [2.05, 4.69) is 22.4 Å². The van der Waals surface area contributed by atoms with Crippen LogP contribution in [0.25, 0.3) is 22.2 Å². The van der Waals surface area contributed by atoms with Crippen molar-refractivity contribution in [3.63, 3.8) is 0 Å². The van der Waals surface area contributed by atoms with Crippen LogP contribution in [-0.4, -0.2) is 22.1 Å². The molecule has 3 aromatic rings. The van der Waals surface area contributed by atoms with Gasteiger partial charge < -0.3 is 5.32 Å². The Labute approximate surface area is 141 Å². The van der Waals surface area contributed by atoms with Crippen molar-refractivity contribution in [2.45, 2.75) is 33.2 Å². The highest BCUT2D eigenvalue weighted by Gasteiger charge is 2.20. The van der Waals surface area contributed by atoms with Gasteiger partial charge in [0.05, 0.1) is 11.1 Å². The molecule has 0 spiro atoms. The molecule has 0 fully saturated rings. The maximum Gasteiger partial charge on any atom is 0.254 e. The van der Waals surface area contributed by atoms with Gasteiger partial charge in [0.1, 0.15) is 5.69 Å². The largest absolute Gasteiger partial charge is 0.350 e. The maximum absolute atomic E-state index is 13.0. The molecule has 0 saturated heterocycles. The second-order valence-corrected chi connectivity index (χ2v) is 6.09. The fourth-order valence-corrected chi connectivity index (χ4v) is 2.64. The van der Waals surface area contributed by atoms with Crippen molar-refractivity contribution in [2.75, 3.05) is 0 Å². The number of hydrogen-bond acceptors (Lipinski definition) is 3. The number of rotatable bonds is 4. The molecule has 0 aliphatic rings. The van der Waals surface area contributed by atoms with E-state index in [9.17, 15) is 4.79 Å². The summed E-state index contributed by atoms with van der Waals surface area (Å²) in [4.78, 5) is 13.0. The molecule has 3 rings (SSSR count). The highest BCUT2D eigenvalue weighted by molar-refractivity contribution is 6.10. The number of nitrogens with zero attached hydrogens (tertiary/aromatic N) is 2. The Morgan fingerprint density at radius 2 is 1.88 bits per heavy atom. The van der Waals surface area contributed by atoms with E-state index in [4.69, 9.17) is 0 Å². The fourth-order valence-electron chi connectivity index (χ4n) is 2.64. The molecule has 0 unspecified atom stereocenters. The van der Waals surface area contributed by atoms with E-state index in [1.54, 1.807) is 0 Å². The average Bonchev–Trinajstić information content (AvgIpc) is 2.61. The molecule has 0 radical (unpaired) electrons. The third kappa shape index (κ3) is 3.13. The van der Waals surface area contributed by atoms with E-state index < -0.39 is 0 Å². The van der Waals surface area contributed by atoms with Crippen LogP contribution in [0.3, 0.4) is 0 Å². The lowest BCUT2D eigenvalue weighted by atomic mass is 10.00. The predicted molar refractivity (Wildman–Crippen MR) is 96.9 cm³/mol. The Bertz CT molecular complexity index is 875. The average molecular weight is 319 g/mol. The van der Waals surface area contributed by atoms with Crippen molar-refractivity contribution in [1.29, 1.82) is 0 Å². The standard InChI is InChI=1S/C20H21N3O/c1-4-14(3)21-20(24)18-16-12-13(2)10-11-17(16)22-23-19(18)15-8-6-5-7-9-15/h5-12,14H,4H2,1-3H3,(H,21,24)/t14-/m0/s1. The van der Waals surface area contributed by atoms with Crippen molar-refractivity contribution in [3.05, 3.63) is 59.7 Å². The second-order valence-electron chi connectivity index (χ2n) is 6.09. The molecule has 0 bridgehead atoms. The first-order chi connectivity index (χ1) is 11.6. The van der Waals surface area contributed by atoms with Gasteiger partial charge >= 0.3 is 0 Å². The Morgan fingerprint density at radius 3 is 2.58 bits per heavy atom. The second kappa shape index (κ2) is 6.79. The van der Waals surface area contributed by atoms with Crippen LogP contribution in [-0.2, 0) is 0 Å². The van der Waals surface area contributed by atoms with E-state index in [1.165, 1.54) is 0 Å². The van der Waals surface area contributed by atoms with Crippen molar-refractivity contribution in [1.82, 2.24) is 15.5 Å². The summed E-state index contributed by atoms with van der Waals surface area (Å²) in [6.45, 7) is 6.07. The number of aryl methyl sites for hydroxylation is 1. The van der Waals surface area contributed by atoms with Gasteiger partial charge in [-0.25, -0.2) is 0 Å². The van der Waals surface area contributed by atoms with Crippen LogP contribution < -0.4 is 5.32 Å². The van der Waals surface area contributed by atoms with Crippen LogP contribution >= 0.6 is 0 Å². The van der Waals surface area contributed by atoms with Crippen molar-refractivity contribution in [3.8, 4) is 11.3 Å². The fraction of sp³-hybridized carbons (Fsp3) is 0.250. The van der Waals surface area contributed by atoms with Crippen LogP contribution in [0.1, 0.15) is 36.2 Å². The van der Waals surface area contributed by atoms with E-state index in [0.29, 0.717) is 11.3 Å². The molecule has 1 aromatic heterocycles. The number of fused-ring (bicyclic) bond motifs is 1. The zero-order valence-corrected chi connectivity index (χ0v) is 14.2. The number of amides is 1. The Balaban J connectivity index is 2.24. The number of carbonyl (C=O) groups excluding carboxylic acids is 1. The first kappa shape index (κ1) is 16.1. The normalized spacial score (nSPS) is 12.1. The molecule has 4 nitrogen and oxygen atoms in total. The zero-order chi connectivity index (χ0) is 17.1. The lowest BCUT2D eigenvalue weighted by Crippen LogP contribution is -2.32. The molecule has 24 heavy (non-hydrogen) atoms. The van der Waals surface area contributed by atoms with Gasteiger partial charge in [0.25, 0.3) is 5.91 Å². The Hall–Kier alpha value is -2.75. The van der Waals surface area contributed by atoms with Crippen LogP contribution in [0.2, 0.25) is 0 Å². The summed E-state index contributed by atoms with van der Waals surface area (Å²) in [7, 11) is 0. The van der Waals surface area contributed by atoms with E-state index in [0.717, 1.165) is 28.5 Å². The molecule has 122 valence electrons. The summed E-state index contributed by atoms with van der Waals surface area (Å²) < 4.78 is 0. The SMILES string of the molecule is CC[C@H](C)NC(=O)c1c(-c2ccccc2)nnc2ccc(C)cc12. The maximum atomic E-state index is 13.0. The van der Waals surface area contributed by atoms with Crippen LogP contribution in [0, 0.1) is 6.92 Å². The highest BCUT2D eigenvalue weighted by Crippen LogP contribution is 2.27. The zero-order valence-electron chi connectivity index (χ0n) is 14.2. The number of nitrogens with one attached hydrogen (secondary N) is 1. The molecule has 1 atom stereocenters. The minimum atomic E-state index is -0.103. The summed E-state index contributed by atoms with van der Waals surface area (Å²) in [5.41, 5.74) is 3.93. The summed E-state index contributed by atoms with van der Waals surface area (Å²) >= 11 is 0. The van der Waals surface area contributed by atoms with Crippen molar-refractivity contribution < 1.29 is 4.79 Å². The first-order valence-corrected chi connectivity index (χ1v) is 8.23. The number of aromatic nitrogens is 2. The Kier molecular flexibility index (Phi) is 4.56. The third-order valence-electron chi connectivity index (χ3n) is 4.18. The molecular weight excluding hydrogens is 298 g/mol. The van der Waals surface area contributed by atoms with Gasteiger partial charge in [-0.3, -0.25) is 4.79 Å². The predicted octanol–water partition coefficient (Wildman–Crippen LogP) is 4.13. The number of benzene rings is 2. The third-order valence-corrected chi connectivity index (χ3v) is 4.18. The van der Waals surface area contributed by atoms with E-state index >= 15 is 0 Å². The van der Waals surface area contributed by atoms with Gasteiger partial charge in [0.15, 0.2) is 0 Å². The van der Waals surface area contributed by atoms with Crippen molar-refractivity contribution in [2.24, 2.45) is 0 Å². The molecule has 2 aromatic carbocycles. The van der Waals surface area contributed by atoms with Crippen LogP contribution in [0.15, 0.2) is 48.5 Å². The summed E-state index contributed by atoms with van der Waals surface area (Å²) in [6, 6.07) is 15.7.